The Morgan fingerprint density at radius 1 is 0.492 bits per heavy atom. The van der Waals surface area contributed by atoms with E-state index < -0.39 is 18.2 Å². The van der Waals surface area contributed by atoms with Crippen molar-refractivity contribution in [3.05, 3.63) is 60.8 Å². The number of hydrogen-bond donors (Lipinski definition) is 3. The molecule has 6 heteroatoms. The summed E-state index contributed by atoms with van der Waals surface area (Å²) < 4.78 is 5.90. The van der Waals surface area contributed by atoms with Crippen LogP contribution in [-0.2, 0) is 14.3 Å². The number of rotatable bonds is 44. The molecule has 0 bridgehead atoms. The number of carbonyl (C=O) groups excluding carboxylic acids is 2. The quantitative estimate of drug-likeness (QED) is 0.0246. The van der Waals surface area contributed by atoms with E-state index in [0.717, 1.165) is 96.3 Å². The lowest BCUT2D eigenvalue weighted by Crippen LogP contribution is -2.46. The van der Waals surface area contributed by atoms with Crippen LogP contribution in [0.25, 0.3) is 0 Å². The SMILES string of the molecule is CCCCC/C=C\CCCCCC(CC(=O)NC(CO)C(O)CCCCCCCCCCCCCC)OC(=O)CCCCCCC/C=C/C=C/C=C/C=C/CCCCC. The third-order valence-corrected chi connectivity index (χ3v) is 11.2. The Balaban J connectivity index is 4.58. The molecule has 3 N–H and O–H groups in total. The van der Waals surface area contributed by atoms with Crippen LogP contribution in [0.15, 0.2) is 60.8 Å². The lowest BCUT2D eigenvalue weighted by atomic mass is 10.0. The summed E-state index contributed by atoms with van der Waals surface area (Å²) in [5.74, 6) is -0.517. The fraction of sp³-hybridized carbons (Fsp3) is 0.774. The van der Waals surface area contributed by atoms with Gasteiger partial charge in [-0.2, -0.15) is 0 Å². The lowest BCUT2D eigenvalue weighted by molar-refractivity contribution is -0.151. The number of hydrogen-bond acceptors (Lipinski definition) is 5. The van der Waals surface area contributed by atoms with E-state index in [2.05, 4.69) is 86.8 Å². The first-order chi connectivity index (χ1) is 29.0. The van der Waals surface area contributed by atoms with E-state index in [1.54, 1.807) is 0 Å². The molecule has 3 unspecified atom stereocenters. The van der Waals surface area contributed by atoms with Crippen molar-refractivity contribution in [2.24, 2.45) is 0 Å². The first kappa shape index (κ1) is 56.6. The van der Waals surface area contributed by atoms with Gasteiger partial charge in [0.1, 0.15) is 6.10 Å². The number of amides is 1. The summed E-state index contributed by atoms with van der Waals surface area (Å²) in [6.07, 6.45) is 57.0. The molecule has 0 aromatic heterocycles. The van der Waals surface area contributed by atoms with Gasteiger partial charge in [0.25, 0.3) is 0 Å². The monoisotopic (exact) mass is 826 g/mol. The molecule has 0 radical (unpaired) electrons. The zero-order chi connectivity index (χ0) is 43.1. The zero-order valence-electron chi connectivity index (χ0n) is 38.9. The number of allylic oxidation sites excluding steroid dienone is 10. The van der Waals surface area contributed by atoms with Crippen molar-refractivity contribution in [1.82, 2.24) is 5.32 Å². The number of aliphatic hydroxyl groups excluding tert-OH is 2. The van der Waals surface area contributed by atoms with Gasteiger partial charge in [-0.25, -0.2) is 0 Å². The summed E-state index contributed by atoms with van der Waals surface area (Å²) in [5, 5.41) is 23.7. The van der Waals surface area contributed by atoms with Crippen molar-refractivity contribution >= 4 is 11.9 Å². The van der Waals surface area contributed by atoms with E-state index in [9.17, 15) is 19.8 Å². The molecule has 342 valence electrons. The van der Waals surface area contributed by atoms with Gasteiger partial charge in [0.15, 0.2) is 0 Å². The largest absolute Gasteiger partial charge is 0.462 e. The highest BCUT2D eigenvalue weighted by Crippen LogP contribution is 2.17. The van der Waals surface area contributed by atoms with Gasteiger partial charge in [-0.15, -0.1) is 0 Å². The van der Waals surface area contributed by atoms with Crippen LogP contribution in [0.5, 0.6) is 0 Å². The molecule has 0 saturated heterocycles. The third-order valence-electron chi connectivity index (χ3n) is 11.2. The Morgan fingerprint density at radius 2 is 0.881 bits per heavy atom. The lowest BCUT2D eigenvalue weighted by Gasteiger charge is -2.24. The van der Waals surface area contributed by atoms with Crippen LogP contribution in [0.2, 0.25) is 0 Å². The summed E-state index contributed by atoms with van der Waals surface area (Å²) in [6, 6.07) is -0.711. The van der Waals surface area contributed by atoms with Gasteiger partial charge in [0.05, 0.1) is 25.2 Å². The predicted molar refractivity (Wildman–Crippen MR) is 255 cm³/mol. The average molecular weight is 826 g/mol. The molecular formula is C53H95NO5. The fourth-order valence-corrected chi connectivity index (χ4v) is 7.32. The van der Waals surface area contributed by atoms with E-state index in [-0.39, 0.29) is 24.9 Å². The first-order valence-corrected chi connectivity index (χ1v) is 25.1. The predicted octanol–water partition coefficient (Wildman–Crippen LogP) is 14.8. The van der Waals surface area contributed by atoms with E-state index in [4.69, 9.17) is 4.74 Å². The molecule has 0 aromatic rings. The van der Waals surface area contributed by atoms with Crippen LogP contribution in [0.3, 0.4) is 0 Å². The third kappa shape index (κ3) is 42.1. The summed E-state index contributed by atoms with van der Waals surface area (Å²) >= 11 is 0. The minimum atomic E-state index is -0.796. The molecule has 0 heterocycles. The second-order valence-corrected chi connectivity index (χ2v) is 17.0. The molecule has 59 heavy (non-hydrogen) atoms. The van der Waals surface area contributed by atoms with E-state index in [0.29, 0.717) is 19.3 Å². The van der Waals surface area contributed by atoms with Gasteiger partial charge in [0.2, 0.25) is 5.91 Å². The Labute approximate surface area is 365 Å². The molecule has 0 aromatic carbocycles. The Kier molecular flexibility index (Phi) is 44.7. The number of esters is 1. The van der Waals surface area contributed by atoms with Gasteiger partial charge in [-0.1, -0.05) is 210 Å². The molecule has 0 aliphatic rings. The van der Waals surface area contributed by atoms with Gasteiger partial charge >= 0.3 is 5.97 Å². The second kappa shape index (κ2) is 46.6. The van der Waals surface area contributed by atoms with Gasteiger partial charge in [0, 0.05) is 6.42 Å². The molecule has 0 rings (SSSR count). The standard InChI is InChI=1S/C53H95NO5/c1-4-7-10-13-16-19-22-24-25-26-27-28-29-31-34-37-40-43-46-53(58)59-49(44-41-38-35-32-21-18-15-12-9-6-3)47-52(57)54-50(48-55)51(56)45-42-39-36-33-30-23-20-17-14-11-8-5-2/h16,18-19,21-22,24-28,49-51,55-56H,4-15,17,20,23,29-48H2,1-3H3,(H,54,57)/b19-16+,21-18-,24-22+,26-25+,28-27+. The maximum atomic E-state index is 13.2. The Hall–Kier alpha value is -2.44. The number of nitrogens with one attached hydrogen (secondary N) is 1. The molecule has 0 aliphatic heterocycles. The minimum absolute atomic E-state index is 0.0556. The molecular weight excluding hydrogens is 731 g/mol. The van der Waals surface area contributed by atoms with Crippen LogP contribution < -0.4 is 5.32 Å². The summed E-state index contributed by atoms with van der Waals surface area (Å²) in [4.78, 5) is 26.1. The Bertz CT molecular complexity index is 1060. The van der Waals surface area contributed by atoms with Gasteiger partial charge < -0.3 is 20.3 Å². The van der Waals surface area contributed by atoms with Crippen molar-refractivity contribution in [1.29, 1.82) is 0 Å². The smallest absolute Gasteiger partial charge is 0.306 e. The minimum Gasteiger partial charge on any atom is -0.462 e. The van der Waals surface area contributed by atoms with Crippen molar-refractivity contribution < 1.29 is 24.5 Å². The highest BCUT2D eigenvalue weighted by atomic mass is 16.5. The molecule has 3 atom stereocenters. The van der Waals surface area contributed by atoms with E-state index >= 15 is 0 Å². The Morgan fingerprint density at radius 3 is 1.41 bits per heavy atom. The topological polar surface area (TPSA) is 95.9 Å². The van der Waals surface area contributed by atoms with E-state index in [1.807, 2.05) is 0 Å². The van der Waals surface area contributed by atoms with Gasteiger partial charge in [-0.3, -0.25) is 9.59 Å². The number of carbonyl (C=O) groups is 2. The van der Waals surface area contributed by atoms with Crippen LogP contribution in [0.1, 0.15) is 239 Å². The second-order valence-electron chi connectivity index (χ2n) is 17.0. The zero-order valence-corrected chi connectivity index (χ0v) is 38.9. The first-order valence-electron chi connectivity index (χ1n) is 25.1. The van der Waals surface area contributed by atoms with Crippen molar-refractivity contribution in [2.75, 3.05) is 6.61 Å². The molecule has 0 saturated carbocycles. The molecule has 6 nitrogen and oxygen atoms in total. The number of ether oxygens (including phenoxy) is 1. The summed E-state index contributed by atoms with van der Waals surface area (Å²) in [5.41, 5.74) is 0. The van der Waals surface area contributed by atoms with Crippen LogP contribution in [-0.4, -0.2) is 46.9 Å². The normalized spacial score (nSPS) is 13.8. The van der Waals surface area contributed by atoms with E-state index in [1.165, 1.54) is 96.3 Å². The van der Waals surface area contributed by atoms with Crippen LogP contribution in [0.4, 0.5) is 0 Å². The summed E-state index contributed by atoms with van der Waals surface area (Å²) in [6.45, 7) is 6.40. The van der Waals surface area contributed by atoms with Crippen molar-refractivity contribution in [3.63, 3.8) is 0 Å². The molecule has 0 aliphatic carbocycles. The molecule has 1 amide bonds. The number of aliphatic hydroxyl groups is 2. The highest BCUT2D eigenvalue weighted by molar-refractivity contribution is 5.77. The maximum Gasteiger partial charge on any atom is 0.306 e. The maximum absolute atomic E-state index is 13.2. The highest BCUT2D eigenvalue weighted by Gasteiger charge is 2.24. The number of unbranched alkanes of at least 4 members (excludes halogenated alkanes) is 25. The summed E-state index contributed by atoms with van der Waals surface area (Å²) in [7, 11) is 0. The van der Waals surface area contributed by atoms with Crippen LogP contribution in [0, 0.1) is 0 Å². The molecule has 0 spiro atoms. The molecule has 0 fully saturated rings. The fourth-order valence-electron chi connectivity index (χ4n) is 7.32. The average Bonchev–Trinajstić information content (AvgIpc) is 3.23. The van der Waals surface area contributed by atoms with Crippen LogP contribution >= 0.6 is 0 Å². The van der Waals surface area contributed by atoms with Crippen molar-refractivity contribution in [2.45, 2.75) is 257 Å². The van der Waals surface area contributed by atoms with Gasteiger partial charge in [-0.05, 0) is 77.0 Å². The van der Waals surface area contributed by atoms with Crippen molar-refractivity contribution in [3.8, 4) is 0 Å².